The number of anilines is 1. The average Bonchev–Trinajstić information content (AvgIpc) is 3.09. The molecule has 2 saturated heterocycles. The van der Waals surface area contributed by atoms with Gasteiger partial charge in [-0.15, -0.1) is 11.3 Å². The second-order valence-corrected chi connectivity index (χ2v) is 6.00. The maximum Gasteiger partial charge on any atom is 0.190 e. The molecule has 0 spiro atoms. The summed E-state index contributed by atoms with van der Waals surface area (Å²) >= 11 is 1.55. The summed E-state index contributed by atoms with van der Waals surface area (Å²) in [5.74, 6) is 1.65. The first-order valence-electron chi connectivity index (χ1n) is 7.11. The van der Waals surface area contributed by atoms with Gasteiger partial charge in [0.2, 0.25) is 0 Å². The third-order valence-electron chi connectivity index (χ3n) is 3.89. The predicted octanol–water partition coefficient (Wildman–Crippen LogP) is 1.59. The summed E-state index contributed by atoms with van der Waals surface area (Å²) in [4.78, 5) is 15.6. The van der Waals surface area contributed by atoms with Crippen molar-refractivity contribution in [3.8, 4) is 10.8 Å². The van der Waals surface area contributed by atoms with E-state index in [1.165, 1.54) is 0 Å². The molecule has 4 heterocycles. The van der Waals surface area contributed by atoms with Crippen LogP contribution in [-0.2, 0) is 9.47 Å². The zero-order chi connectivity index (χ0) is 14.1. The Morgan fingerprint density at radius 3 is 3.14 bits per heavy atom. The molecule has 2 atom stereocenters. The van der Waals surface area contributed by atoms with E-state index in [2.05, 4.69) is 14.9 Å². The van der Waals surface area contributed by atoms with Crippen LogP contribution in [0.25, 0.3) is 10.8 Å². The summed E-state index contributed by atoms with van der Waals surface area (Å²) in [6.07, 6.45) is 4.70. The minimum absolute atomic E-state index is 0.144. The first kappa shape index (κ1) is 13.1. The lowest BCUT2D eigenvalue weighted by molar-refractivity contribution is -0.0777. The number of morpholine rings is 1. The van der Waals surface area contributed by atoms with Crippen LogP contribution >= 0.6 is 11.3 Å². The fourth-order valence-electron chi connectivity index (χ4n) is 2.92. The van der Waals surface area contributed by atoms with E-state index in [0.29, 0.717) is 25.1 Å². The quantitative estimate of drug-likeness (QED) is 0.840. The Hall–Kier alpha value is -1.57. The monoisotopic (exact) mass is 304 g/mol. The molecule has 4 rings (SSSR count). The molecular weight excluding hydrogens is 288 g/mol. The third-order valence-corrected chi connectivity index (χ3v) is 4.66. The number of hydrogen-bond acceptors (Lipinski definition) is 7. The van der Waals surface area contributed by atoms with Crippen molar-refractivity contribution in [2.75, 3.05) is 31.3 Å². The number of thiazole rings is 1. The molecule has 2 aliphatic rings. The van der Waals surface area contributed by atoms with Crippen LogP contribution < -0.4 is 4.90 Å². The van der Waals surface area contributed by atoms with E-state index in [0.717, 1.165) is 30.4 Å². The van der Waals surface area contributed by atoms with Crippen molar-refractivity contribution in [2.45, 2.75) is 18.6 Å². The summed E-state index contributed by atoms with van der Waals surface area (Å²) in [5.41, 5.74) is 0. The minimum atomic E-state index is 0.144. The van der Waals surface area contributed by atoms with Gasteiger partial charge in [0.05, 0.1) is 19.3 Å². The van der Waals surface area contributed by atoms with E-state index in [-0.39, 0.29) is 6.10 Å². The summed E-state index contributed by atoms with van der Waals surface area (Å²) in [6, 6.07) is 2.31. The molecule has 0 N–H and O–H groups in total. The van der Waals surface area contributed by atoms with E-state index < -0.39 is 0 Å². The fourth-order valence-corrected chi connectivity index (χ4v) is 3.49. The zero-order valence-electron chi connectivity index (χ0n) is 11.5. The number of rotatable bonds is 2. The van der Waals surface area contributed by atoms with Crippen molar-refractivity contribution < 1.29 is 9.47 Å². The number of fused-ring (bicyclic) bond motifs is 1. The minimum Gasteiger partial charge on any atom is -0.379 e. The first-order valence-corrected chi connectivity index (χ1v) is 7.99. The van der Waals surface area contributed by atoms with Crippen molar-refractivity contribution in [3.63, 3.8) is 0 Å². The van der Waals surface area contributed by atoms with Gasteiger partial charge in [0.25, 0.3) is 0 Å². The van der Waals surface area contributed by atoms with Crippen LogP contribution in [0, 0.1) is 0 Å². The van der Waals surface area contributed by atoms with Crippen molar-refractivity contribution >= 4 is 17.2 Å². The Morgan fingerprint density at radius 2 is 2.24 bits per heavy atom. The Balaban J connectivity index is 1.64. The maximum atomic E-state index is 5.82. The topological polar surface area (TPSA) is 60.4 Å². The van der Waals surface area contributed by atoms with Crippen LogP contribution in [0.1, 0.15) is 6.42 Å². The number of nitrogens with zero attached hydrogens (tertiary/aromatic N) is 4. The first-order chi connectivity index (χ1) is 10.4. The van der Waals surface area contributed by atoms with Crippen molar-refractivity contribution in [2.24, 2.45) is 0 Å². The SMILES string of the molecule is c1cc(N2CCO[C@H]3COCC[C@H]32)nc(-c2nccs2)n1. The molecule has 0 aromatic carbocycles. The highest BCUT2D eigenvalue weighted by molar-refractivity contribution is 7.12. The van der Waals surface area contributed by atoms with Gasteiger partial charge in [-0.05, 0) is 12.5 Å². The molecule has 7 heteroatoms. The maximum absolute atomic E-state index is 5.82. The van der Waals surface area contributed by atoms with Crippen LogP contribution in [0.2, 0.25) is 0 Å². The molecule has 0 aliphatic carbocycles. The summed E-state index contributed by atoms with van der Waals surface area (Å²) < 4.78 is 11.3. The van der Waals surface area contributed by atoms with E-state index >= 15 is 0 Å². The second-order valence-electron chi connectivity index (χ2n) is 5.11. The standard InChI is InChI=1S/C14H16N4O2S/c1-3-15-13(14-16-4-8-21-14)17-12(1)18-5-7-20-11-9-19-6-2-10(11)18/h1,3-4,8,10-11H,2,5-7,9H2/t10-,11+/m1/s1. The van der Waals surface area contributed by atoms with Crippen LogP contribution in [0.3, 0.4) is 0 Å². The van der Waals surface area contributed by atoms with E-state index in [9.17, 15) is 0 Å². The van der Waals surface area contributed by atoms with Gasteiger partial charge >= 0.3 is 0 Å². The molecule has 0 unspecified atom stereocenters. The number of ether oxygens (including phenoxy) is 2. The summed E-state index contributed by atoms with van der Waals surface area (Å²) in [6.45, 7) is 3.02. The smallest absolute Gasteiger partial charge is 0.190 e. The van der Waals surface area contributed by atoms with Crippen LogP contribution in [-0.4, -0.2) is 53.5 Å². The molecule has 110 valence electrons. The molecule has 21 heavy (non-hydrogen) atoms. The van der Waals surface area contributed by atoms with Gasteiger partial charge < -0.3 is 14.4 Å². The van der Waals surface area contributed by atoms with Gasteiger partial charge in [-0.1, -0.05) is 0 Å². The summed E-state index contributed by atoms with van der Waals surface area (Å²) in [7, 11) is 0. The molecule has 0 saturated carbocycles. The van der Waals surface area contributed by atoms with Crippen LogP contribution in [0.5, 0.6) is 0 Å². The molecule has 0 bridgehead atoms. The third kappa shape index (κ3) is 2.52. The molecule has 0 amide bonds. The van der Waals surface area contributed by atoms with Gasteiger partial charge in [0.15, 0.2) is 10.8 Å². The lowest BCUT2D eigenvalue weighted by Crippen LogP contribution is -2.56. The number of hydrogen-bond donors (Lipinski definition) is 0. The van der Waals surface area contributed by atoms with Crippen LogP contribution in [0.15, 0.2) is 23.8 Å². The molecule has 2 aliphatic heterocycles. The molecule has 2 aromatic rings. The summed E-state index contributed by atoms with van der Waals surface area (Å²) in [5, 5.41) is 2.79. The van der Waals surface area contributed by atoms with Gasteiger partial charge in [0.1, 0.15) is 11.9 Å². The van der Waals surface area contributed by atoms with Crippen LogP contribution in [0.4, 0.5) is 5.82 Å². The van der Waals surface area contributed by atoms with E-state index in [4.69, 9.17) is 14.5 Å². The van der Waals surface area contributed by atoms with Gasteiger partial charge in [-0.3, -0.25) is 0 Å². The Bertz CT molecular complexity index is 605. The van der Waals surface area contributed by atoms with Crippen molar-refractivity contribution in [1.82, 2.24) is 15.0 Å². The van der Waals surface area contributed by atoms with Gasteiger partial charge in [0, 0.05) is 30.9 Å². The van der Waals surface area contributed by atoms with Crippen molar-refractivity contribution in [3.05, 3.63) is 23.8 Å². The van der Waals surface area contributed by atoms with Gasteiger partial charge in [-0.2, -0.15) is 0 Å². The van der Waals surface area contributed by atoms with E-state index in [1.54, 1.807) is 17.5 Å². The Morgan fingerprint density at radius 1 is 1.24 bits per heavy atom. The highest BCUT2D eigenvalue weighted by Gasteiger charge is 2.35. The lowest BCUT2D eigenvalue weighted by atomic mass is 10.0. The molecule has 2 fully saturated rings. The average molecular weight is 304 g/mol. The normalized spacial score (nSPS) is 25.6. The zero-order valence-corrected chi connectivity index (χ0v) is 12.3. The Kier molecular flexibility index (Phi) is 3.54. The second kappa shape index (κ2) is 5.67. The predicted molar refractivity (Wildman–Crippen MR) is 79.5 cm³/mol. The fraction of sp³-hybridized carbons (Fsp3) is 0.500. The highest BCUT2D eigenvalue weighted by Crippen LogP contribution is 2.27. The highest BCUT2D eigenvalue weighted by atomic mass is 32.1. The van der Waals surface area contributed by atoms with Gasteiger partial charge in [-0.25, -0.2) is 15.0 Å². The Labute approximate surface area is 126 Å². The lowest BCUT2D eigenvalue weighted by Gasteiger charge is -2.44. The molecule has 2 aromatic heterocycles. The largest absolute Gasteiger partial charge is 0.379 e. The number of aromatic nitrogens is 3. The van der Waals surface area contributed by atoms with E-state index in [1.807, 2.05) is 17.6 Å². The van der Waals surface area contributed by atoms with Crippen molar-refractivity contribution in [1.29, 1.82) is 0 Å². The molecule has 0 radical (unpaired) electrons. The molecular formula is C14H16N4O2S. The molecule has 6 nitrogen and oxygen atoms in total.